The van der Waals surface area contributed by atoms with E-state index in [1.54, 1.807) is 13.0 Å². The van der Waals surface area contributed by atoms with Gasteiger partial charge in [-0.05, 0) is 109 Å². The second-order valence-corrected chi connectivity index (χ2v) is 15.1. The van der Waals surface area contributed by atoms with Crippen molar-refractivity contribution in [3.63, 3.8) is 0 Å². The number of nitrogens with one attached hydrogen (secondary N) is 2. The largest absolute Gasteiger partial charge is 1.00 e. The van der Waals surface area contributed by atoms with Crippen molar-refractivity contribution in [2.75, 3.05) is 11.1 Å². The number of carboxylic acid groups (broad SMARTS) is 2. The summed E-state index contributed by atoms with van der Waals surface area (Å²) in [5.41, 5.74) is 1.98. The average molecular weight is 827 g/mol. The number of esters is 1. The summed E-state index contributed by atoms with van der Waals surface area (Å²) in [6.07, 6.45) is 3.41. The van der Waals surface area contributed by atoms with Crippen molar-refractivity contribution in [2.24, 2.45) is 22.7 Å². The third kappa shape index (κ3) is 10.3. The summed E-state index contributed by atoms with van der Waals surface area (Å²) in [5.74, 6) is -3.08. The summed E-state index contributed by atoms with van der Waals surface area (Å²) in [6, 6.07) is 12.8. The van der Waals surface area contributed by atoms with Gasteiger partial charge in [0, 0.05) is 11.3 Å². The molecule has 2 aliphatic rings. The molecule has 0 saturated heterocycles. The number of amidine groups is 1. The Morgan fingerprint density at radius 3 is 2.32 bits per heavy atom. The number of nitrogens with zero attached hydrogens (tertiary/aromatic N) is 3. The fourth-order valence-electron chi connectivity index (χ4n) is 7.15. The Kier molecular flexibility index (Phi) is 14.7. The van der Waals surface area contributed by atoms with Crippen LogP contribution in [0.3, 0.4) is 0 Å². The van der Waals surface area contributed by atoms with Crippen LogP contribution in [-0.2, 0) is 36.2 Å². The normalized spacial score (nSPS) is 19.7. The van der Waals surface area contributed by atoms with E-state index in [0.29, 0.717) is 51.1 Å². The molecule has 1 fully saturated rings. The minimum absolute atomic E-state index is 0. The van der Waals surface area contributed by atoms with Crippen LogP contribution in [0.2, 0.25) is 0 Å². The summed E-state index contributed by atoms with van der Waals surface area (Å²) < 4.78 is 6.16. The van der Waals surface area contributed by atoms with Crippen LogP contribution in [0, 0.1) is 24.3 Å². The molecule has 296 valence electrons. The van der Waals surface area contributed by atoms with E-state index >= 15 is 0 Å². The maximum Gasteiger partial charge on any atom is 1.00 e. The number of carbonyl (C=O) groups is 5. The van der Waals surface area contributed by atoms with Gasteiger partial charge >= 0.3 is 29.0 Å². The molecule has 2 atom stereocenters. The molecule has 5 rings (SSSR count). The molecule has 3 N–H and O–H groups in total. The van der Waals surface area contributed by atoms with Gasteiger partial charge in [-0.1, -0.05) is 56.9 Å². The van der Waals surface area contributed by atoms with Gasteiger partial charge in [0.1, 0.15) is 23.4 Å². The Hall–Kier alpha value is -5.42. The summed E-state index contributed by atoms with van der Waals surface area (Å²) in [7, 11) is 0. The molecule has 1 aliphatic carbocycles. The van der Waals surface area contributed by atoms with Crippen molar-refractivity contribution in [3.8, 4) is 11.1 Å². The number of thioether (sulfide) groups is 1. The van der Waals surface area contributed by atoms with Gasteiger partial charge in [-0.25, -0.2) is 19.4 Å². The van der Waals surface area contributed by atoms with Gasteiger partial charge < -0.3 is 35.4 Å². The van der Waals surface area contributed by atoms with Gasteiger partial charge in [-0.2, -0.15) is 0 Å². The number of aromatic nitrogens is 1. The van der Waals surface area contributed by atoms with Crippen LogP contribution in [0.15, 0.2) is 75.3 Å². The van der Waals surface area contributed by atoms with Gasteiger partial charge in [-0.3, -0.25) is 9.59 Å². The molecule has 1 aliphatic heterocycles. The van der Waals surface area contributed by atoms with E-state index < -0.39 is 29.7 Å². The Morgan fingerprint density at radius 2 is 1.71 bits per heavy atom. The van der Waals surface area contributed by atoms with Gasteiger partial charge in [0.25, 0.3) is 0 Å². The van der Waals surface area contributed by atoms with E-state index in [-0.39, 0.29) is 75.5 Å². The smallest absolute Gasteiger partial charge is 0.545 e. The second-order valence-electron chi connectivity index (χ2n) is 14.0. The van der Waals surface area contributed by atoms with Crippen LogP contribution in [0.1, 0.15) is 86.7 Å². The minimum Gasteiger partial charge on any atom is -0.545 e. The van der Waals surface area contributed by atoms with E-state index in [2.05, 4.69) is 46.2 Å². The van der Waals surface area contributed by atoms with Crippen molar-refractivity contribution in [1.29, 1.82) is 0 Å². The third-order valence-corrected chi connectivity index (χ3v) is 10.6. The van der Waals surface area contributed by atoms with Crippen LogP contribution in [0.25, 0.3) is 22.0 Å². The number of carboxylic acids is 2. The molecule has 0 radical (unpaired) electrons. The summed E-state index contributed by atoms with van der Waals surface area (Å²) in [5, 5.41) is 26.2. The molecule has 15 heteroatoms. The monoisotopic (exact) mass is 826 g/mol. The summed E-state index contributed by atoms with van der Waals surface area (Å²) in [6.45, 7) is 17.2. The summed E-state index contributed by atoms with van der Waals surface area (Å²) in [4.78, 5) is 75.6. The first kappa shape index (κ1) is 43.3. The second kappa shape index (κ2) is 18.9. The first-order valence-corrected chi connectivity index (χ1v) is 18.8. The number of anilines is 1. The maximum atomic E-state index is 14.0. The fourth-order valence-corrected chi connectivity index (χ4v) is 8.10. The number of carbonyl (C=O) groups excluding carboxylic acids is 4. The Balaban J connectivity index is 0.00000696. The molecule has 2 unspecified atom stereocenters. The van der Waals surface area contributed by atoms with E-state index in [1.165, 1.54) is 30.8 Å². The fraction of sp³-hybridized carbons (Fsp3) is 0.341. The van der Waals surface area contributed by atoms with Crippen molar-refractivity contribution in [2.45, 2.75) is 71.3 Å². The van der Waals surface area contributed by atoms with Crippen LogP contribution in [-0.4, -0.2) is 52.5 Å². The molecular formula is C41H41CuN5O8S-. The molecule has 13 nitrogen and oxygen atoms in total. The summed E-state index contributed by atoms with van der Waals surface area (Å²) >= 11 is 1.19. The molecule has 56 heavy (non-hydrogen) atoms. The molecule has 3 aromatic rings. The predicted molar refractivity (Wildman–Crippen MR) is 206 cm³/mol. The Morgan fingerprint density at radius 1 is 1.05 bits per heavy atom. The van der Waals surface area contributed by atoms with Crippen molar-refractivity contribution < 1.29 is 56.0 Å². The predicted octanol–water partition coefficient (Wildman–Crippen LogP) is 6.25. The number of aromatic carboxylic acids is 2. The number of ether oxygens (including phenoxy) is 1. The van der Waals surface area contributed by atoms with Crippen LogP contribution >= 0.6 is 11.8 Å². The quantitative estimate of drug-likeness (QED) is 0.0618. The average Bonchev–Trinajstić information content (AvgIpc) is 3.62. The number of allylic oxidation sites excluding steroid dienone is 1. The van der Waals surface area contributed by atoms with E-state index in [4.69, 9.17) is 11.3 Å². The van der Waals surface area contributed by atoms with Gasteiger partial charge in [-0.15, -0.1) is 11.8 Å². The van der Waals surface area contributed by atoms with Crippen LogP contribution < -0.4 is 20.7 Å². The minimum atomic E-state index is -1.50. The molecule has 2 amide bonds. The topological polar surface area (TPSA) is 193 Å². The van der Waals surface area contributed by atoms with Crippen LogP contribution in [0.5, 0.6) is 0 Å². The van der Waals surface area contributed by atoms with E-state index in [9.17, 15) is 34.2 Å². The molecule has 2 aromatic carbocycles. The number of aliphatic imine (C=N–C) groups is 1. The number of hydrogen-bond donors (Lipinski definition) is 3. The zero-order chi connectivity index (χ0) is 40.0. The molecular weight excluding hydrogens is 786 g/mol. The Bertz CT molecular complexity index is 2130. The molecule has 1 saturated carbocycles. The van der Waals surface area contributed by atoms with E-state index in [0.717, 1.165) is 18.9 Å². The van der Waals surface area contributed by atoms with Gasteiger partial charge in [0.05, 0.1) is 23.8 Å². The SMILES string of the molecule is [C-]#[N+]c1c(NC(C)=O)[n-]c(/C=C2\N=C(NC(=O)CCCSc3cc(C(=O)[O-])cc(C(=O)O)c3)C(C(=O)OC3C(C)CC(C)CC3C)=C2C)c1-c1ccccc1.[Cu+]. The van der Waals surface area contributed by atoms with Crippen molar-refractivity contribution in [3.05, 3.63) is 93.6 Å². The maximum absolute atomic E-state index is 14.0. The molecule has 2 heterocycles. The van der Waals surface area contributed by atoms with E-state index in [1.807, 2.05) is 30.3 Å². The zero-order valence-electron chi connectivity index (χ0n) is 31.4. The van der Waals surface area contributed by atoms with Gasteiger partial charge in [0.2, 0.25) is 5.91 Å². The standard InChI is InChI=1S/C41H43N5O8S.Cu/c1-21-15-22(2)36(23(3)16-21)54-41(53)33-24(4)30(20-31-34(26-11-8-7-9-12-26)35(42-6)38(45-31)43-25(5)47)44-37(33)46-32(48)13-10-14-55-29-18-27(39(49)50)17-28(19-29)40(51)52;/h7-9,11-12,17-23,36H,10,13-16H2,1-5H3,(H5,43,44,45,46,47,48,49,50,51,52,53);/q;+1/p-2. The first-order chi connectivity index (χ1) is 26.2. The van der Waals surface area contributed by atoms with Crippen molar-refractivity contribution >= 4 is 64.9 Å². The number of benzene rings is 2. The Labute approximate surface area is 339 Å². The molecule has 0 bridgehead atoms. The van der Waals surface area contributed by atoms with Crippen LogP contribution in [0.4, 0.5) is 11.5 Å². The number of amides is 2. The molecule has 0 spiro atoms. The zero-order valence-corrected chi connectivity index (χ0v) is 33.2. The number of rotatable bonds is 12. The number of hydrogen-bond acceptors (Lipinski definition) is 9. The van der Waals surface area contributed by atoms with Gasteiger partial charge in [0.15, 0.2) is 5.69 Å². The third-order valence-electron chi connectivity index (χ3n) is 9.50. The van der Waals surface area contributed by atoms with Crippen molar-refractivity contribution in [1.82, 2.24) is 10.3 Å². The molecule has 1 aromatic heterocycles. The first-order valence-electron chi connectivity index (χ1n) is 17.8.